The number of nitrogens with zero attached hydrogens (tertiary/aromatic N) is 1. The SMILES string of the molecule is CNC(CCc1cccnc1)c1cc(OC)ccc1OC. The highest BCUT2D eigenvalue weighted by atomic mass is 16.5. The second-order valence-electron chi connectivity index (χ2n) is 4.85. The quantitative estimate of drug-likeness (QED) is 0.849. The van der Waals surface area contributed by atoms with Crippen LogP contribution < -0.4 is 14.8 Å². The average Bonchev–Trinajstić information content (AvgIpc) is 2.56. The maximum absolute atomic E-state index is 5.47. The van der Waals surface area contributed by atoms with Gasteiger partial charge in [-0.1, -0.05) is 6.07 Å². The molecule has 0 aliphatic heterocycles. The van der Waals surface area contributed by atoms with Crippen molar-refractivity contribution >= 4 is 0 Å². The first-order valence-electron chi connectivity index (χ1n) is 7.06. The van der Waals surface area contributed by atoms with E-state index in [9.17, 15) is 0 Å². The normalized spacial score (nSPS) is 12.0. The number of pyridine rings is 1. The van der Waals surface area contributed by atoms with Crippen molar-refractivity contribution in [2.75, 3.05) is 21.3 Å². The summed E-state index contributed by atoms with van der Waals surface area (Å²) in [6, 6.07) is 10.2. The van der Waals surface area contributed by atoms with E-state index in [1.165, 1.54) is 5.56 Å². The van der Waals surface area contributed by atoms with Crippen LogP contribution in [0.3, 0.4) is 0 Å². The van der Waals surface area contributed by atoms with Gasteiger partial charge in [-0.25, -0.2) is 0 Å². The summed E-state index contributed by atoms with van der Waals surface area (Å²) in [5, 5.41) is 3.36. The van der Waals surface area contributed by atoms with Crippen LogP contribution in [0.15, 0.2) is 42.7 Å². The Hall–Kier alpha value is -2.07. The van der Waals surface area contributed by atoms with E-state index < -0.39 is 0 Å². The zero-order valence-electron chi connectivity index (χ0n) is 12.8. The van der Waals surface area contributed by atoms with Crippen LogP contribution in [-0.2, 0) is 6.42 Å². The highest BCUT2D eigenvalue weighted by Gasteiger charge is 2.15. The van der Waals surface area contributed by atoms with E-state index in [1.54, 1.807) is 20.4 Å². The van der Waals surface area contributed by atoms with E-state index in [2.05, 4.69) is 16.4 Å². The first-order valence-corrected chi connectivity index (χ1v) is 7.06. The molecule has 0 fully saturated rings. The molecule has 1 N–H and O–H groups in total. The van der Waals surface area contributed by atoms with Gasteiger partial charge in [-0.2, -0.15) is 0 Å². The number of nitrogens with one attached hydrogen (secondary N) is 1. The van der Waals surface area contributed by atoms with Crippen LogP contribution in [0.25, 0.3) is 0 Å². The number of hydrogen-bond donors (Lipinski definition) is 1. The van der Waals surface area contributed by atoms with Crippen LogP contribution in [0.4, 0.5) is 0 Å². The number of methoxy groups -OCH3 is 2. The molecule has 0 bridgehead atoms. The van der Waals surface area contributed by atoms with Crippen molar-refractivity contribution in [1.29, 1.82) is 0 Å². The second kappa shape index (κ2) is 7.64. The fraction of sp³-hybridized carbons (Fsp3) is 0.353. The van der Waals surface area contributed by atoms with E-state index >= 15 is 0 Å². The minimum Gasteiger partial charge on any atom is -0.497 e. The maximum Gasteiger partial charge on any atom is 0.123 e. The highest BCUT2D eigenvalue weighted by Crippen LogP contribution is 2.31. The zero-order valence-corrected chi connectivity index (χ0v) is 12.8. The Labute approximate surface area is 126 Å². The summed E-state index contributed by atoms with van der Waals surface area (Å²) < 4.78 is 10.8. The third-order valence-electron chi connectivity index (χ3n) is 3.61. The standard InChI is InChI=1S/C17H22N2O2/c1-18-16(8-6-13-5-4-10-19-12-13)15-11-14(20-2)7-9-17(15)21-3/h4-5,7,9-12,16,18H,6,8H2,1-3H3. The summed E-state index contributed by atoms with van der Waals surface area (Å²) in [7, 11) is 5.33. The molecule has 1 heterocycles. The van der Waals surface area contributed by atoms with Gasteiger partial charge in [0.25, 0.3) is 0 Å². The summed E-state index contributed by atoms with van der Waals surface area (Å²) in [5.41, 5.74) is 2.35. The summed E-state index contributed by atoms with van der Waals surface area (Å²) in [4.78, 5) is 4.16. The van der Waals surface area contributed by atoms with Crippen LogP contribution in [0.2, 0.25) is 0 Å². The molecule has 21 heavy (non-hydrogen) atoms. The molecule has 0 amide bonds. The monoisotopic (exact) mass is 286 g/mol. The Morgan fingerprint density at radius 2 is 2.05 bits per heavy atom. The van der Waals surface area contributed by atoms with Crippen LogP contribution in [0.1, 0.15) is 23.6 Å². The van der Waals surface area contributed by atoms with Gasteiger partial charge in [-0.15, -0.1) is 0 Å². The number of ether oxygens (including phenoxy) is 2. The van der Waals surface area contributed by atoms with Gasteiger partial charge in [0.1, 0.15) is 11.5 Å². The predicted molar refractivity (Wildman–Crippen MR) is 83.9 cm³/mol. The third-order valence-corrected chi connectivity index (χ3v) is 3.61. The highest BCUT2D eigenvalue weighted by molar-refractivity contribution is 5.42. The van der Waals surface area contributed by atoms with E-state index in [-0.39, 0.29) is 6.04 Å². The Morgan fingerprint density at radius 1 is 1.19 bits per heavy atom. The van der Waals surface area contributed by atoms with Gasteiger partial charge in [-0.05, 0) is 49.7 Å². The first-order chi connectivity index (χ1) is 10.3. The van der Waals surface area contributed by atoms with Crippen molar-refractivity contribution in [1.82, 2.24) is 10.3 Å². The number of aryl methyl sites for hydroxylation is 1. The van der Waals surface area contributed by atoms with Crippen LogP contribution >= 0.6 is 0 Å². The minimum absolute atomic E-state index is 0.204. The molecule has 0 saturated heterocycles. The van der Waals surface area contributed by atoms with Crippen LogP contribution in [-0.4, -0.2) is 26.3 Å². The lowest BCUT2D eigenvalue weighted by molar-refractivity contribution is 0.389. The fourth-order valence-corrected chi connectivity index (χ4v) is 2.42. The topological polar surface area (TPSA) is 43.4 Å². The molecule has 0 aliphatic rings. The van der Waals surface area contributed by atoms with E-state index in [0.717, 1.165) is 29.9 Å². The smallest absolute Gasteiger partial charge is 0.123 e. The van der Waals surface area contributed by atoms with Gasteiger partial charge in [0.2, 0.25) is 0 Å². The van der Waals surface area contributed by atoms with E-state index in [1.807, 2.05) is 37.5 Å². The van der Waals surface area contributed by atoms with E-state index in [4.69, 9.17) is 9.47 Å². The second-order valence-corrected chi connectivity index (χ2v) is 4.85. The number of aromatic nitrogens is 1. The minimum atomic E-state index is 0.204. The van der Waals surface area contributed by atoms with E-state index in [0.29, 0.717) is 0 Å². The van der Waals surface area contributed by atoms with Gasteiger partial charge in [0.05, 0.1) is 14.2 Å². The number of benzene rings is 1. The Morgan fingerprint density at radius 3 is 2.67 bits per heavy atom. The van der Waals surface area contributed by atoms with Crippen molar-refractivity contribution in [3.8, 4) is 11.5 Å². The molecule has 4 heteroatoms. The van der Waals surface area contributed by atoms with Gasteiger partial charge >= 0.3 is 0 Å². The average molecular weight is 286 g/mol. The fourth-order valence-electron chi connectivity index (χ4n) is 2.42. The molecule has 1 aromatic carbocycles. The third kappa shape index (κ3) is 3.95. The largest absolute Gasteiger partial charge is 0.497 e. The molecule has 2 rings (SSSR count). The molecule has 0 radical (unpaired) electrons. The molecular weight excluding hydrogens is 264 g/mol. The molecule has 0 spiro atoms. The lowest BCUT2D eigenvalue weighted by atomic mass is 9.98. The van der Waals surface area contributed by atoms with Crippen LogP contribution in [0.5, 0.6) is 11.5 Å². The van der Waals surface area contributed by atoms with Gasteiger partial charge in [0.15, 0.2) is 0 Å². The van der Waals surface area contributed by atoms with Crippen molar-refractivity contribution in [2.24, 2.45) is 0 Å². The maximum atomic E-state index is 5.47. The molecule has 1 aromatic heterocycles. The van der Waals surface area contributed by atoms with Crippen LogP contribution in [0, 0.1) is 0 Å². The lowest BCUT2D eigenvalue weighted by Gasteiger charge is -2.20. The molecule has 4 nitrogen and oxygen atoms in total. The molecule has 1 atom stereocenters. The lowest BCUT2D eigenvalue weighted by Crippen LogP contribution is -2.18. The van der Waals surface area contributed by atoms with Crippen molar-refractivity contribution < 1.29 is 9.47 Å². The van der Waals surface area contributed by atoms with Crippen molar-refractivity contribution in [3.05, 3.63) is 53.9 Å². The number of hydrogen-bond acceptors (Lipinski definition) is 4. The predicted octanol–water partition coefficient (Wildman–Crippen LogP) is 2.99. The molecular formula is C17H22N2O2. The number of rotatable bonds is 7. The van der Waals surface area contributed by atoms with Crippen molar-refractivity contribution in [3.63, 3.8) is 0 Å². The molecule has 0 aliphatic carbocycles. The molecule has 1 unspecified atom stereocenters. The van der Waals surface area contributed by atoms with Gasteiger partial charge in [-0.3, -0.25) is 4.98 Å². The summed E-state index contributed by atoms with van der Waals surface area (Å²) >= 11 is 0. The van der Waals surface area contributed by atoms with Gasteiger partial charge < -0.3 is 14.8 Å². The summed E-state index contributed by atoms with van der Waals surface area (Å²) in [6.45, 7) is 0. The summed E-state index contributed by atoms with van der Waals surface area (Å²) in [5.74, 6) is 1.72. The molecule has 0 saturated carbocycles. The van der Waals surface area contributed by atoms with Crippen molar-refractivity contribution in [2.45, 2.75) is 18.9 Å². The summed E-state index contributed by atoms with van der Waals surface area (Å²) in [6.07, 6.45) is 5.63. The van der Waals surface area contributed by atoms with Gasteiger partial charge in [0, 0.05) is 24.0 Å². The first kappa shape index (κ1) is 15.3. The molecule has 2 aromatic rings. The zero-order chi connectivity index (χ0) is 15.1. The molecule has 112 valence electrons. The Bertz CT molecular complexity index is 558. The Kier molecular flexibility index (Phi) is 5.58. The Balaban J connectivity index is 2.16.